The van der Waals surface area contributed by atoms with Crippen molar-refractivity contribution in [2.24, 2.45) is 5.41 Å². The van der Waals surface area contributed by atoms with Crippen LogP contribution in [0, 0.1) is 5.41 Å². The Kier molecular flexibility index (Phi) is 7.00. The summed E-state index contributed by atoms with van der Waals surface area (Å²) in [6, 6.07) is 8.01. The molecule has 5 heteroatoms. The van der Waals surface area contributed by atoms with Gasteiger partial charge in [-0.15, -0.1) is 0 Å². The molecule has 0 aliphatic heterocycles. The number of carboxylic acid groups (broad SMARTS) is 1. The summed E-state index contributed by atoms with van der Waals surface area (Å²) in [6.45, 7) is 2.42. The summed E-state index contributed by atoms with van der Waals surface area (Å²) < 4.78 is 11.4. The minimum atomic E-state index is -0.932. The van der Waals surface area contributed by atoms with Crippen molar-refractivity contribution >= 4 is 5.97 Å². The number of hydrogen-bond donors (Lipinski definition) is 2. The highest BCUT2D eigenvalue weighted by molar-refractivity contribution is 5.67. The normalized spacial score (nSPS) is 28.8. The lowest BCUT2D eigenvalue weighted by Gasteiger charge is -2.42. The van der Waals surface area contributed by atoms with Gasteiger partial charge < -0.3 is 19.7 Å². The Bertz CT molecular complexity index is 642. The molecule has 28 heavy (non-hydrogen) atoms. The first-order valence-corrected chi connectivity index (χ1v) is 10.7. The average Bonchev–Trinajstić information content (AvgIpc) is 2.69. The molecule has 1 aromatic carbocycles. The topological polar surface area (TPSA) is 76.0 Å². The van der Waals surface area contributed by atoms with E-state index in [1.54, 1.807) is 0 Å². The molecule has 0 atom stereocenters. The highest BCUT2D eigenvalue weighted by Gasteiger charge is 2.40. The number of aliphatic carboxylic acids is 1. The Hall–Kier alpha value is -1.59. The third-order valence-electron chi connectivity index (χ3n) is 6.59. The molecular weight excluding hydrogens is 356 g/mol. The second-order valence-electron chi connectivity index (χ2n) is 8.94. The summed E-state index contributed by atoms with van der Waals surface area (Å²) >= 11 is 0. The molecule has 0 heterocycles. The zero-order valence-electron chi connectivity index (χ0n) is 17.0. The van der Waals surface area contributed by atoms with E-state index >= 15 is 0 Å². The van der Waals surface area contributed by atoms with Gasteiger partial charge in [-0.2, -0.15) is 0 Å². The lowest BCUT2D eigenvalue weighted by atomic mass is 9.66. The monoisotopic (exact) mass is 390 g/mol. The van der Waals surface area contributed by atoms with Gasteiger partial charge in [-0.25, -0.2) is 4.79 Å². The van der Waals surface area contributed by atoms with Crippen LogP contribution in [0.4, 0.5) is 0 Å². The van der Waals surface area contributed by atoms with Crippen molar-refractivity contribution in [2.75, 3.05) is 13.2 Å². The van der Waals surface area contributed by atoms with Gasteiger partial charge in [-0.3, -0.25) is 0 Å². The molecule has 0 radical (unpaired) electrons. The van der Waals surface area contributed by atoms with Crippen LogP contribution in [0.5, 0.6) is 5.75 Å². The highest BCUT2D eigenvalue weighted by atomic mass is 16.5. The quantitative estimate of drug-likeness (QED) is 0.632. The van der Waals surface area contributed by atoms with Crippen molar-refractivity contribution in [3.8, 4) is 5.75 Å². The second-order valence-corrected chi connectivity index (χ2v) is 8.94. The summed E-state index contributed by atoms with van der Waals surface area (Å²) in [7, 11) is 0. The number of carboxylic acids is 1. The predicted octanol–water partition coefficient (Wildman–Crippen LogP) is 4.66. The van der Waals surface area contributed by atoms with Gasteiger partial charge in [0.15, 0.2) is 0 Å². The zero-order chi connectivity index (χ0) is 20.0. The maximum Gasteiger partial charge on any atom is 0.329 e. The van der Waals surface area contributed by atoms with Crippen molar-refractivity contribution in [2.45, 2.75) is 82.8 Å². The van der Waals surface area contributed by atoms with Gasteiger partial charge in [-0.05, 0) is 80.9 Å². The molecule has 2 saturated carbocycles. The fourth-order valence-electron chi connectivity index (χ4n) is 4.52. The number of ether oxygens (including phenoxy) is 2. The van der Waals surface area contributed by atoms with E-state index in [-0.39, 0.29) is 12.0 Å². The van der Waals surface area contributed by atoms with E-state index in [2.05, 4.69) is 6.92 Å². The first-order chi connectivity index (χ1) is 13.4. The molecule has 0 bridgehead atoms. The third kappa shape index (κ3) is 5.71. The summed E-state index contributed by atoms with van der Waals surface area (Å²) in [6.07, 6.45) is 10.4. The van der Waals surface area contributed by atoms with Crippen LogP contribution in [-0.4, -0.2) is 35.5 Å². The first kappa shape index (κ1) is 21.1. The maximum absolute atomic E-state index is 11.3. The molecule has 2 aliphatic carbocycles. The van der Waals surface area contributed by atoms with Crippen molar-refractivity contribution in [1.29, 1.82) is 0 Å². The standard InChI is InChI=1S/C23H34O5/c1-22(14-15-27-17-21(24)25)10-12-23(26,13-11-22)18-6-5-9-20(16-18)28-19-7-3-2-4-8-19/h5-6,9,16,19,26H,2-4,7-8,10-15,17H2,1H3,(H,24,25). The minimum absolute atomic E-state index is 0.0843. The molecule has 156 valence electrons. The van der Waals surface area contributed by atoms with Crippen LogP contribution in [0.15, 0.2) is 24.3 Å². The van der Waals surface area contributed by atoms with E-state index in [0.29, 0.717) is 25.6 Å². The Balaban J connectivity index is 1.55. The molecule has 2 aliphatic rings. The van der Waals surface area contributed by atoms with E-state index in [0.717, 1.165) is 43.4 Å². The first-order valence-electron chi connectivity index (χ1n) is 10.7. The zero-order valence-corrected chi connectivity index (χ0v) is 17.0. The van der Waals surface area contributed by atoms with Gasteiger partial charge in [-0.1, -0.05) is 25.5 Å². The number of rotatable bonds is 8. The van der Waals surface area contributed by atoms with E-state index in [4.69, 9.17) is 14.6 Å². The van der Waals surface area contributed by atoms with Crippen LogP contribution < -0.4 is 4.74 Å². The fourth-order valence-corrected chi connectivity index (χ4v) is 4.52. The molecule has 0 spiro atoms. The van der Waals surface area contributed by atoms with Crippen molar-refractivity contribution in [3.63, 3.8) is 0 Å². The molecule has 0 unspecified atom stereocenters. The van der Waals surface area contributed by atoms with Crippen molar-refractivity contribution in [1.82, 2.24) is 0 Å². The van der Waals surface area contributed by atoms with Crippen molar-refractivity contribution in [3.05, 3.63) is 29.8 Å². The van der Waals surface area contributed by atoms with Crippen LogP contribution in [0.2, 0.25) is 0 Å². The van der Waals surface area contributed by atoms with E-state index in [9.17, 15) is 9.90 Å². The summed E-state index contributed by atoms with van der Waals surface area (Å²) in [5, 5.41) is 20.0. The Morgan fingerprint density at radius 2 is 1.86 bits per heavy atom. The predicted molar refractivity (Wildman–Crippen MR) is 107 cm³/mol. The fraction of sp³-hybridized carbons (Fsp3) is 0.696. The Morgan fingerprint density at radius 3 is 2.54 bits per heavy atom. The van der Waals surface area contributed by atoms with Gasteiger partial charge in [0, 0.05) is 6.61 Å². The number of benzene rings is 1. The van der Waals surface area contributed by atoms with Gasteiger partial charge in [0.2, 0.25) is 0 Å². The Labute approximate surface area is 168 Å². The lowest BCUT2D eigenvalue weighted by Crippen LogP contribution is -2.36. The van der Waals surface area contributed by atoms with Gasteiger partial charge in [0.1, 0.15) is 12.4 Å². The molecule has 1 aromatic rings. The van der Waals surface area contributed by atoms with E-state index in [1.165, 1.54) is 19.3 Å². The van der Waals surface area contributed by atoms with Crippen LogP contribution >= 0.6 is 0 Å². The van der Waals surface area contributed by atoms with Gasteiger partial charge in [0.05, 0.1) is 11.7 Å². The molecule has 2 N–H and O–H groups in total. The molecule has 3 rings (SSSR count). The van der Waals surface area contributed by atoms with E-state index in [1.807, 2.05) is 24.3 Å². The molecular formula is C23H34O5. The van der Waals surface area contributed by atoms with Gasteiger partial charge >= 0.3 is 5.97 Å². The molecule has 2 fully saturated rings. The molecule has 0 amide bonds. The largest absolute Gasteiger partial charge is 0.490 e. The van der Waals surface area contributed by atoms with Crippen LogP contribution in [0.3, 0.4) is 0 Å². The minimum Gasteiger partial charge on any atom is -0.490 e. The highest BCUT2D eigenvalue weighted by Crippen LogP contribution is 2.47. The Morgan fingerprint density at radius 1 is 1.14 bits per heavy atom. The molecule has 0 saturated heterocycles. The third-order valence-corrected chi connectivity index (χ3v) is 6.59. The number of carbonyl (C=O) groups is 1. The second kappa shape index (κ2) is 9.27. The summed E-state index contributed by atoms with van der Waals surface area (Å²) in [5.41, 5.74) is 0.221. The van der Waals surface area contributed by atoms with Crippen molar-refractivity contribution < 1.29 is 24.5 Å². The van der Waals surface area contributed by atoms with Crippen LogP contribution in [0.25, 0.3) is 0 Å². The SMILES string of the molecule is CC1(CCOCC(=O)O)CCC(O)(c2cccc(OC3CCCCC3)c2)CC1. The summed E-state index contributed by atoms with van der Waals surface area (Å²) in [4.78, 5) is 10.6. The van der Waals surface area contributed by atoms with Gasteiger partial charge in [0.25, 0.3) is 0 Å². The maximum atomic E-state index is 11.3. The average molecular weight is 391 g/mol. The molecule has 5 nitrogen and oxygen atoms in total. The summed E-state index contributed by atoms with van der Waals surface area (Å²) in [5.74, 6) is -0.0632. The molecule has 0 aromatic heterocycles. The van der Waals surface area contributed by atoms with E-state index < -0.39 is 11.6 Å². The number of hydrogen-bond acceptors (Lipinski definition) is 4. The smallest absolute Gasteiger partial charge is 0.329 e. The number of aliphatic hydroxyl groups is 1. The lowest BCUT2D eigenvalue weighted by molar-refractivity contribution is -0.142. The van der Waals surface area contributed by atoms with Crippen LogP contribution in [-0.2, 0) is 15.1 Å². The van der Waals surface area contributed by atoms with Crippen LogP contribution in [0.1, 0.15) is 76.7 Å².